The summed E-state index contributed by atoms with van der Waals surface area (Å²) in [5, 5.41) is 7.27. The molecule has 0 aliphatic rings. The van der Waals surface area contributed by atoms with Crippen LogP contribution < -0.4 is 4.90 Å². The molecule has 2 heteroatoms. The van der Waals surface area contributed by atoms with Crippen molar-refractivity contribution in [1.82, 2.24) is 0 Å². The van der Waals surface area contributed by atoms with E-state index in [1.165, 1.54) is 43.8 Å². The average molecular weight is 588 g/mol. The van der Waals surface area contributed by atoms with Crippen LogP contribution in [0.15, 0.2) is 180 Å². The summed E-state index contributed by atoms with van der Waals surface area (Å²) in [5.74, 6) is 0. The maximum absolute atomic E-state index is 6.25. The van der Waals surface area contributed by atoms with Gasteiger partial charge in [-0.3, -0.25) is 0 Å². The normalized spacial score (nSPS) is 11.5. The molecule has 1 aromatic heterocycles. The summed E-state index contributed by atoms with van der Waals surface area (Å²) in [5.41, 5.74) is 9.89. The highest BCUT2D eigenvalue weighted by Crippen LogP contribution is 2.39. The van der Waals surface area contributed by atoms with Crippen molar-refractivity contribution in [2.24, 2.45) is 0 Å². The lowest BCUT2D eigenvalue weighted by Crippen LogP contribution is -2.09. The molecular weight excluding hydrogens is 558 g/mol. The predicted molar refractivity (Wildman–Crippen MR) is 194 cm³/mol. The van der Waals surface area contributed by atoms with Crippen LogP contribution in [0.2, 0.25) is 0 Å². The largest absolute Gasteiger partial charge is 0.456 e. The Bertz CT molecular complexity index is 2530. The zero-order valence-corrected chi connectivity index (χ0v) is 25.1. The number of anilines is 3. The molecule has 1 heterocycles. The lowest BCUT2D eigenvalue weighted by Gasteiger charge is -2.25. The fourth-order valence-corrected chi connectivity index (χ4v) is 6.65. The fraction of sp³-hybridized carbons (Fsp3) is 0. The van der Waals surface area contributed by atoms with Gasteiger partial charge in [0.15, 0.2) is 0 Å². The third-order valence-corrected chi connectivity index (χ3v) is 9.02. The number of para-hydroxylation sites is 2. The van der Waals surface area contributed by atoms with E-state index in [1.807, 2.05) is 12.1 Å². The number of fused-ring (bicyclic) bond motifs is 5. The van der Waals surface area contributed by atoms with Crippen LogP contribution in [0.3, 0.4) is 0 Å². The number of nitrogens with zero attached hydrogens (tertiary/aromatic N) is 1. The van der Waals surface area contributed by atoms with Crippen molar-refractivity contribution in [2.75, 3.05) is 4.90 Å². The van der Waals surface area contributed by atoms with Crippen molar-refractivity contribution >= 4 is 60.5 Å². The molecular formula is C44H29NO. The third kappa shape index (κ3) is 4.60. The van der Waals surface area contributed by atoms with E-state index in [0.717, 1.165) is 39.0 Å². The van der Waals surface area contributed by atoms with Crippen LogP contribution in [-0.4, -0.2) is 0 Å². The molecule has 0 saturated heterocycles. The van der Waals surface area contributed by atoms with Crippen LogP contribution in [0.1, 0.15) is 0 Å². The van der Waals surface area contributed by atoms with Gasteiger partial charge in [-0.15, -0.1) is 0 Å². The maximum atomic E-state index is 6.25. The van der Waals surface area contributed by atoms with Crippen LogP contribution in [0.25, 0.3) is 65.7 Å². The van der Waals surface area contributed by atoms with Crippen molar-refractivity contribution in [3.8, 4) is 22.3 Å². The molecule has 0 unspecified atom stereocenters. The third-order valence-electron chi connectivity index (χ3n) is 9.02. The second kappa shape index (κ2) is 10.8. The molecule has 0 aliphatic heterocycles. The van der Waals surface area contributed by atoms with Crippen LogP contribution in [0, 0.1) is 0 Å². The predicted octanol–water partition coefficient (Wildman–Crippen LogP) is 12.7. The molecule has 216 valence electrons. The standard InChI is InChI=1S/C44H29NO/c1-2-10-38(11-3-1)45(40-24-25-42-41-12-6-7-13-43(41)46-44(42)29-40)39-22-20-31(21-23-39)33-16-17-36-28-37(19-18-35(36)27-33)34-15-14-30-8-4-5-9-32(30)26-34/h1-29H. The van der Waals surface area contributed by atoms with E-state index < -0.39 is 0 Å². The van der Waals surface area contributed by atoms with E-state index in [1.54, 1.807) is 0 Å². The van der Waals surface area contributed by atoms with Gasteiger partial charge < -0.3 is 9.32 Å². The maximum Gasteiger partial charge on any atom is 0.137 e. The minimum Gasteiger partial charge on any atom is -0.456 e. The first kappa shape index (κ1) is 26.3. The zero-order chi connectivity index (χ0) is 30.5. The quantitative estimate of drug-likeness (QED) is 0.199. The molecule has 9 aromatic rings. The number of benzene rings is 8. The second-order valence-corrected chi connectivity index (χ2v) is 11.8. The summed E-state index contributed by atoms with van der Waals surface area (Å²) in [6.07, 6.45) is 0. The molecule has 0 bridgehead atoms. The summed E-state index contributed by atoms with van der Waals surface area (Å²) in [7, 11) is 0. The highest BCUT2D eigenvalue weighted by atomic mass is 16.3. The molecule has 0 aliphatic carbocycles. The summed E-state index contributed by atoms with van der Waals surface area (Å²) in [6.45, 7) is 0. The second-order valence-electron chi connectivity index (χ2n) is 11.8. The van der Waals surface area contributed by atoms with Gasteiger partial charge in [0, 0.05) is 33.9 Å². The van der Waals surface area contributed by atoms with Crippen molar-refractivity contribution in [3.63, 3.8) is 0 Å². The van der Waals surface area contributed by atoms with Crippen molar-refractivity contribution in [1.29, 1.82) is 0 Å². The van der Waals surface area contributed by atoms with Crippen LogP contribution in [0.4, 0.5) is 17.1 Å². The molecule has 0 atom stereocenters. The Labute approximate surface area is 267 Å². The van der Waals surface area contributed by atoms with Gasteiger partial charge in [-0.2, -0.15) is 0 Å². The fourth-order valence-electron chi connectivity index (χ4n) is 6.65. The van der Waals surface area contributed by atoms with Gasteiger partial charge >= 0.3 is 0 Å². The Morgan fingerprint density at radius 1 is 0.304 bits per heavy atom. The molecule has 0 spiro atoms. The van der Waals surface area contributed by atoms with Gasteiger partial charge in [0.1, 0.15) is 11.2 Å². The smallest absolute Gasteiger partial charge is 0.137 e. The Morgan fingerprint density at radius 2 is 0.804 bits per heavy atom. The molecule has 8 aromatic carbocycles. The molecule has 0 fully saturated rings. The molecule has 9 rings (SSSR count). The van der Waals surface area contributed by atoms with Crippen molar-refractivity contribution < 1.29 is 4.42 Å². The average Bonchev–Trinajstić information content (AvgIpc) is 3.50. The zero-order valence-electron chi connectivity index (χ0n) is 25.1. The van der Waals surface area contributed by atoms with E-state index in [0.29, 0.717) is 0 Å². The summed E-state index contributed by atoms with van der Waals surface area (Å²) >= 11 is 0. The lowest BCUT2D eigenvalue weighted by molar-refractivity contribution is 0.669. The first-order valence-corrected chi connectivity index (χ1v) is 15.7. The lowest BCUT2D eigenvalue weighted by atomic mass is 9.96. The van der Waals surface area contributed by atoms with Gasteiger partial charge in [-0.25, -0.2) is 0 Å². The van der Waals surface area contributed by atoms with Gasteiger partial charge in [-0.05, 0) is 104 Å². The Balaban J connectivity index is 1.05. The molecule has 2 nitrogen and oxygen atoms in total. The molecule has 0 N–H and O–H groups in total. The molecule has 0 saturated carbocycles. The van der Waals surface area contributed by atoms with E-state index in [2.05, 4.69) is 169 Å². The molecule has 0 radical (unpaired) electrons. The SMILES string of the molecule is c1ccc(N(c2ccc(-c3ccc4cc(-c5ccc6ccccc6c5)ccc4c3)cc2)c2ccc3c(c2)oc2ccccc23)cc1. The number of hydrogen-bond acceptors (Lipinski definition) is 2. The van der Waals surface area contributed by atoms with E-state index in [4.69, 9.17) is 4.42 Å². The summed E-state index contributed by atoms with van der Waals surface area (Å²) in [4.78, 5) is 2.28. The minimum atomic E-state index is 0.885. The van der Waals surface area contributed by atoms with Gasteiger partial charge in [0.05, 0.1) is 0 Å². The van der Waals surface area contributed by atoms with E-state index >= 15 is 0 Å². The minimum absolute atomic E-state index is 0.885. The van der Waals surface area contributed by atoms with Crippen molar-refractivity contribution in [3.05, 3.63) is 176 Å². The highest BCUT2D eigenvalue weighted by molar-refractivity contribution is 6.06. The monoisotopic (exact) mass is 587 g/mol. The number of hydrogen-bond donors (Lipinski definition) is 0. The van der Waals surface area contributed by atoms with Gasteiger partial charge in [0.2, 0.25) is 0 Å². The number of furan rings is 1. The number of rotatable bonds is 5. The molecule has 0 amide bonds. The Kier molecular flexibility index (Phi) is 6.17. The summed E-state index contributed by atoms with van der Waals surface area (Å²) < 4.78 is 6.25. The van der Waals surface area contributed by atoms with Crippen LogP contribution >= 0.6 is 0 Å². The van der Waals surface area contributed by atoms with Crippen LogP contribution in [-0.2, 0) is 0 Å². The Hall–Kier alpha value is -6.12. The molecule has 46 heavy (non-hydrogen) atoms. The van der Waals surface area contributed by atoms with E-state index in [9.17, 15) is 0 Å². The van der Waals surface area contributed by atoms with Crippen molar-refractivity contribution in [2.45, 2.75) is 0 Å². The first-order chi connectivity index (χ1) is 22.8. The topological polar surface area (TPSA) is 16.4 Å². The van der Waals surface area contributed by atoms with Gasteiger partial charge in [0.25, 0.3) is 0 Å². The highest BCUT2D eigenvalue weighted by Gasteiger charge is 2.15. The summed E-state index contributed by atoms with van der Waals surface area (Å²) in [6, 6.07) is 62.8. The van der Waals surface area contributed by atoms with Gasteiger partial charge in [-0.1, -0.05) is 109 Å². The van der Waals surface area contributed by atoms with E-state index in [-0.39, 0.29) is 0 Å². The first-order valence-electron chi connectivity index (χ1n) is 15.7. The Morgan fingerprint density at radius 3 is 1.54 bits per heavy atom. The van der Waals surface area contributed by atoms with Crippen LogP contribution in [0.5, 0.6) is 0 Å².